The van der Waals surface area contributed by atoms with Gasteiger partial charge >= 0.3 is 5.97 Å². The monoisotopic (exact) mass is 521 g/mol. The van der Waals surface area contributed by atoms with E-state index in [0.717, 1.165) is 71.1 Å². The number of hydrogen-bond donors (Lipinski definition) is 2. The van der Waals surface area contributed by atoms with Crippen molar-refractivity contribution < 1.29 is 14.3 Å². The maximum absolute atomic E-state index is 12.4. The van der Waals surface area contributed by atoms with Gasteiger partial charge in [0.1, 0.15) is 17.7 Å². The Bertz CT molecular complexity index is 1540. The highest BCUT2D eigenvalue weighted by atomic mass is 16.5. The second kappa shape index (κ2) is 10.3. The first-order chi connectivity index (χ1) is 19.0. The molecule has 1 aromatic heterocycles. The number of nitrogen functional groups attached to an aromatic ring is 1. The maximum atomic E-state index is 12.4. The largest absolute Gasteiger partial charge is 0.485 e. The fourth-order valence-electron chi connectivity index (χ4n) is 6.54. The summed E-state index contributed by atoms with van der Waals surface area (Å²) in [4.78, 5) is 16.7. The minimum atomic E-state index is -0.231. The molecule has 0 radical (unpaired) electrons. The van der Waals surface area contributed by atoms with E-state index < -0.39 is 0 Å². The summed E-state index contributed by atoms with van der Waals surface area (Å²) in [5.41, 5.74) is 13.1. The third-order valence-electron chi connectivity index (χ3n) is 8.52. The molecule has 6 rings (SSSR count). The third kappa shape index (κ3) is 4.63. The zero-order valence-corrected chi connectivity index (χ0v) is 22.6. The Morgan fingerprint density at radius 2 is 1.90 bits per heavy atom. The third-order valence-corrected chi connectivity index (χ3v) is 8.52. The normalized spacial score (nSPS) is 17.7. The van der Waals surface area contributed by atoms with E-state index in [-0.39, 0.29) is 23.9 Å². The quantitative estimate of drug-likeness (QED) is 0.301. The van der Waals surface area contributed by atoms with Crippen molar-refractivity contribution in [2.75, 3.05) is 25.4 Å². The molecule has 39 heavy (non-hydrogen) atoms. The fraction of sp³-hybridized carbons (Fsp3) is 0.333. The number of carbonyl (C=O) groups is 1. The van der Waals surface area contributed by atoms with E-state index in [1.165, 1.54) is 11.1 Å². The summed E-state index contributed by atoms with van der Waals surface area (Å²) in [6.45, 7) is 6.23. The van der Waals surface area contributed by atoms with Crippen molar-refractivity contribution in [2.45, 2.75) is 51.0 Å². The summed E-state index contributed by atoms with van der Waals surface area (Å²) in [6, 6.07) is 21.1. The molecule has 4 aromatic rings. The van der Waals surface area contributed by atoms with Crippen LogP contribution in [0.1, 0.15) is 54.5 Å². The molecule has 0 saturated carbocycles. The highest BCUT2D eigenvalue weighted by Gasteiger charge is 2.45. The lowest BCUT2D eigenvalue weighted by molar-refractivity contribution is -0.142. The molecule has 1 aliphatic heterocycles. The number of anilines is 1. The molecule has 0 bridgehead atoms. The maximum Gasteiger partial charge on any atom is 0.310 e. The molecule has 1 saturated heterocycles. The number of nitrogens with one attached hydrogen (secondary N) is 1. The second-order valence-electron chi connectivity index (χ2n) is 10.8. The highest BCUT2D eigenvalue weighted by molar-refractivity contribution is 6.01. The van der Waals surface area contributed by atoms with Crippen molar-refractivity contribution in [3.63, 3.8) is 0 Å². The molecule has 3 N–H and O–H groups in total. The Kier molecular flexibility index (Phi) is 6.73. The lowest BCUT2D eigenvalue weighted by Gasteiger charge is -2.35. The van der Waals surface area contributed by atoms with Crippen LogP contribution in [0, 0.1) is 6.92 Å². The smallest absolute Gasteiger partial charge is 0.310 e. The second-order valence-corrected chi connectivity index (χ2v) is 10.8. The minimum Gasteiger partial charge on any atom is -0.485 e. The average Bonchev–Trinajstić information content (AvgIpc) is 3.22. The van der Waals surface area contributed by atoms with Crippen LogP contribution in [0.2, 0.25) is 0 Å². The van der Waals surface area contributed by atoms with Crippen LogP contribution in [-0.4, -0.2) is 30.6 Å². The predicted octanol–water partition coefficient (Wildman–Crippen LogP) is 6.04. The van der Waals surface area contributed by atoms with Gasteiger partial charge in [-0.15, -0.1) is 0 Å². The Morgan fingerprint density at radius 3 is 2.72 bits per heavy atom. The molecule has 1 unspecified atom stereocenters. The summed E-state index contributed by atoms with van der Waals surface area (Å²) in [5.74, 6) is 1.07. The van der Waals surface area contributed by atoms with Gasteiger partial charge in [-0.3, -0.25) is 4.79 Å². The van der Waals surface area contributed by atoms with Crippen molar-refractivity contribution in [2.24, 2.45) is 0 Å². The van der Waals surface area contributed by atoms with Gasteiger partial charge in [0.05, 0.1) is 13.0 Å². The number of nitrogens with two attached hydrogens (primary N) is 1. The van der Waals surface area contributed by atoms with E-state index in [4.69, 9.17) is 15.2 Å². The summed E-state index contributed by atoms with van der Waals surface area (Å²) in [5, 5.41) is 5.58. The molecule has 0 amide bonds. The van der Waals surface area contributed by atoms with Gasteiger partial charge in [-0.05, 0) is 97.6 Å². The van der Waals surface area contributed by atoms with Crippen molar-refractivity contribution in [1.82, 2.24) is 10.3 Å². The number of piperidine rings is 1. The van der Waals surface area contributed by atoms with Gasteiger partial charge in [0.2, 0.25) is 0 Å². The summed E-state index contributed by atoms with van der Waals surface area (Å²) in [6.07, 6.45) is 4.95. The van der Waals surface area contributed by atoms with Gasteiger partial charge in [-0.25, -0.2) is 4.98 Å². The Hall–Kier alpha value is -3.90. The molecule has 2 heterocycles. The van der Waals surface area contributed by atoms with Crippen LogP contribution >= 0.6 is 0 Å². The van der Waals surface area contributed by atoms with Crippen LogP contribution < -0.4 is 15.8 Å². The van der Waals surface area contributed by atoms with Crippen LogP contribution in [0.15, 0.2) is 66.9 Å². The summed E-state index contributed by atoms with van der Waals surface area (Å²) < 4.78 is 12.1. The molecule has 2 aliphatic rings. The fourth-order valence-corrected chi connectivity index (χ4v) is 6.54. The van der Waals surface area contributed by atoms with Crippen LogP contribution in [-0.2, 0) is 21.4 Å². The van der Waals surface area contributed by atoms with Crippen molar-refractivity contribution in [3.05, 3.63) is 89.1 Å². The van der Waals surface area contributed by atoms with E-state index in [2.05, 4.69) is 34.6 Å². The Morgan fingerprint density at radius 1 is 1.08 bits per heavy atom. The van der Waals surface area contributed by atoms with E-state index in [1.54, 1.807) is 6.20 Å². The average molecular weight is 522 g/mol. The van der Waals surface area contributed by atoms with Crippen molar-refractivity contribution in [1.29, 1.82) is 0 Å². The summed E-state index contributed by atoms with van der Waals surface area (Å²) >= 11 is 0. The standard InChI is InChI=1S/C33H35N3O3/c1-3-38-31(37)19-26-21(2)6-4-9-29(26)39-30-20-33(13-16-35-17-14-33)28-11-10-22(18-27(28)30)23-7-5-8-25-24(23)12-15-36-32(25)34/h4-12,15,18,30,35H,3,13-14,16-17,19-20H2,1-2H3,(H2,34,36). The molecule has 3 aromatic carbocycles. The van der Waals surface area contributed by atoms with Crippen LogP contribution in [0.5, 0.6) is 5.75 Å². The molecule has 1 fully saturated rings. The lowest BCUT2D eigenvalue weighted by Crippen LogP contribution is -2.38. The van der Waals surface area contributed by atoms with E-state index >= 15 is 0 Å². The molecular weight excluding hydrogens is 486 g/mol. The minimum absolute atomic E-state index is 0.0853. The summed E-state index contributed by atoms with van der Waals surface area (Å²) in [7, 11) is 0. The predicted molar refractivity (Wildman–Crippen MR) is 155 cm³/mol. The number of benzene rings is 3. The van der Waals surface area contributed by atoms with E-state index in [9.17, 15) is 4.79 Å². The topological polar surface area (TPSA) is 86.5 Å². The zero-order valence-electron chi connectivity index (χ0n) is 22.6. The van der Waals surface area contributed by atoms with Gasteiger partial charge in [0.15, 0.2) is 0 Å². The molecule has 1 aliphatic carbocycles. The van der Waals surface area contributed by atoms with Gasteiger partial charge in [-0.1, -0.05) is 42.5 Å². The molecule has 1 spiro atoms. The number of pyridine rings is 1. The number of nitrogens with zero attached hydrogens (tertiary/aromatic N) is 1. The SMILES string of the molecule is CCOC(=O)Cc1c(C)cccc1OC1CC2(CCNCC2)c2ccc(-c3cccc4c(N)nccc34)cc21. The van der Waals surface area contributed by atoms with Crippen molar-refractivity contribution in [3.8, 4) is 16.9 Å². The number of hydrogen-bond acceptors (Lipinski definition) is 6. The zero-order chi connectivity index (χ0) is 27.0. The molecule has 200 valence electrons. The Labute approximate surface area is 229 Å². The molecule has 1 atom stereocenters. The number of fused-ring (bicyclic) bond motifs is 3. The molecule has 6 heteroatoms. The highest BCUT2D eigenvalue weighted by Crippen LogP contribution is 2.52. The van der Waals surface area contributed by atoms with Crippen molar-refractivity contribution >= 4 is 22.6 Å². The number of ether oxygens (including phenoxy) is 2. The molecule has 6 nitrogen and oxygen atoms in total. The number of esters is 1. The Balaban J connectivity index is 1.43. The first kappa shape index (κ1) is 25.4. The number of aryl methyl sites for hydroxylation is 1. The van der Waals surface area contributed by atoms with Gasteiger partial charge in [-0.2, -0.15) is 0 Å². The number of rotatable bonds is 6. The number of carbonyl (C=O) groups excluding carboxylic acids is 1. The van der Waals surface area contributed by atoms with Crippen LogP contribution in [0.3, 0.4) is 0 Å². The van der Waals surface area contributed by atoms with Gasteiger partial charge in [0.25, 0.3) is 0 Å². The van der Waals surface area contributed by atoms with Crippen LogP contribution in [0.25, 0.3) is 21.9 Å². The number of aromatic nitrogens is 1. The van der Waals surface area contributed by atoms with Crippen LogP contribution in [0.4, 0.5) is 5.82 Å². The lowest BCUT2D eigenvalue weighted by atomic mass is 9.74. The molecular formula is C33H35N3O3. The van der Waals surface area contributed by atoms with Gasteiger partial charge in [0, 0.05) is 22.6 Å². The van der Waals surface area contributed by atoms with E-state index in [1.807, 2.05) is 50.2 Å². The first-order valence-electron chi connectivity index (χ1n) is 13.9. The first-order valence-corrected chi connectivity index (χ1v) is 13.9. The van der Waals surface area contributed by atoms with E-state index in [0.29, 0.717) is 12.4 Å². The van der Waals surface area contributed by atoms with Gasteiger partial charge < -0.3 is 20.5 Å².